The molecule has 4 nitrogen and oxygen atoms in total. The molecular weight excluding hydrogens is 216 g/mol. The van der Waals surface area contributed by atoms with Gasteiger partial charge in [-0.1, -0.05) is 12.5 Å². The Balaban J connectivity index is 1.95. The number of nitrogens with zero attached hydrogens (tertiary/aromatic N) is 2. The maximum Gasteiger partial charge on any atom is 0.250 e. The first-order valence-corrected chi connectivity index (χ1v) is 6.16. The Morgan fingerprint density at radius 3 is 2.94 bits per heavy atom. The summed E-state index contributed by atoms with van der Waals surface area (Å²) in [5, 5.41) is 0. The van der Waals surface area contributed by atoms with Crippen LogP contribution in [0.1, 0.15) is 19.3 Å². The van der Waals surface area contributed by atoms with Crippen LogP contribution in [0.4, 0.5) is 0 Å². The predicted octanol–water partition coefficient (Wildman–Crippen LogP) is 0.902. The van der Waals surface area contributed by atoms with Crippen molar-refractivity contribution < 1.29 is 4.79 Å². The topological polar surface area (TPSA) is 42.3 Å². The Bertz CT molecular complexity index is 427. The van der Waals surface area contributed by atoms with Gasteiger partial charge >= 0.3 is 0 Å². The van der Waals surface area contributed by atoms with Gasteiger partial charge in [-0.3, -0.25) is 9.69 Å². The van der Waals surface area contributed by atoms with Crippen molar-refractivity contribution in [1.29, 1.82) is 0 Å². The number of likely N-dealkylation sites (tertiary alicyclic amines) is 1. The summed E-state index contributed by atoms with van der Waals surface area (Å²) >= 11 is 0. The molecule has 1 aromatic heterocycles. The molecule has 1 atom stereocenters. The highest BCUT2D eigenvalue weighted by Gasteiger charge is 2.20. The van der Waals surface area contributed by atoms with Crippen molar-refractivity contribution in [1.82, 2.24) is 9.47 Å². The quantitative estimate of drug-likeness (QED) is 0.727. The molecule has 1 unspecified atom stereocenters. The number of pyridine rings is 1. The second-order valence-electron chi connectivity index (χ2n) is 4.47. The largest absolute Gasteiger partial charge is 0.314 e. The highest BCUT2D eigenvalue weighted by atomic mass is 16.1. The Labute approximate surface area is 101 Å². The summed E-state index contributed by atoms with van der Waals surface area (Å²) in [6.45, 7) is 2.39. The summed E-state index contributed by atoms with van der Waals surface area (Å²) in [6, 6.07) is 5.21. The molecule has 1 fully saturated rings. The van der Waals surface area contributed by atoms with Crippen molar-refractivity contribution in [3.63, 3.8) is 0 Å². The molecule has 1 aliphatic rings. The van der Waals surface area contributed by atoms with E-state index in [9.17, 15) is 9.59 Å². The molecule has 1 saturated heterocycles. The molecule has 0 bridgehead atoms. The van der Waals surface area contributed by atoms with Crippen LogP contribution in [-0.2, 0) is 11.3 Å². The average Bonchev–Trinajstić information content (AvgIpc) is 2.38. The molecule has 2 rings (SSSR count). The van der Waals surface area contributed by atoms with E-state index in [-0.39, 0.29) is 11.6 Å². The summed E-state index contributed by atoms with van der Waals surface area (Å²) < 4.78 is 1.69. The summed E-state index contributed by atoms with van der Waals surface area (Å²) in [4.78, 5) is 24.6. The predicted molar refractivity (Wildman–Crippen MR) is 66.0 cm³/mol. The monoisotopic (exact) mass is 234 g/mol. The molecule has 2 heterocycles. The molecule has 92 valence electrons. The minimum Gasteiger partial charge on any atom is -0.314 e. The van der Waals surface area contributed by atoms with Crippen LogP contribution in [-0.4, -0.2) is 34.9 Å². The number of hydrogen-bond acceptors (Lipinski definition) is 3. The molecule has 0 spiro atoms. The molecule has 1 aliphatic heterocycles. The Hall–Kier alpha value is -1.42. The minimum absolute atomic E-state index is 0.0205. The van der Waals surface area contributed by atoms with Gasteiger partial charge < -0.3 is 9.36 Å². The van der Waals surface area contributed by atoms with Crippen molar-refractivity contribution in [3.05, 3.63) is 34.7 Å². The molecule has 0 aliphatic carbocycles. The summed E-state index contributed by atoms with van der Waals surface area (Å²) in [5.74, 6) is 0. The highest BCUT2D eigenvalue weighted by molar-refractivity contribution is 5.57. The maximum atomic E-state index is 11.5. The van der Waals surface area contributed by atoms with Gasteiger partial charge in [-0.15, -0.1) is 0 Å². The number of aromatic nitrogens is 1. The van der Waals surface area contributed by atoms with Gasteiger partial charge in [0, 0.05) is 25.4 Å². The zero-order valence-corrected chi connectivity index (χ0v) is 9.92. The summed E-state index contributed by atoms with van der Waals surface area (Å²) in [5.41, 5.74) is 0.0205. The number of piperidine rings is 1. The second-order valence-corrected chi connectivity index (χ2v) is 4.47. The molecule has 4 heteroatoms. The van der Waals surface area contributed by atoms with E-state index in [1.165, 1.54) is 0 Å². The fourth-order valence-corrected chi connectivity index (χ4v) is 2.33. The second kappa shape index (κ2) is 5.77. The van der Waals surface area contributed by atoms with Crippen molar-refractivity contribution in [3.8, 4) is 0 Å². The van der Waals surface area contributed by atoms with Gasteiger partial charge in [0.25, 0.3) is 5.56 Å². The number of rotatable bonds is 4. The van der Waals surface area contributed by atoms with Crippen molar-refractivity contribution in [2.24, 2.45) is 0 Å². The van der Waals surface area contributed by atoms with E-state index in [0.717, 1.165) is 38.6 Å². The lowest BCUT2D eigenvalue weighted by molar-refractivity contribution is -0.113. The first kappa shape index (κ1) is 12.0. The molecule has 0 aromatic carbocycles. The van der Waals surface area contributed by atoms with Gasteiger partial charge in [0.1, 0.15) is 6.29 Å². The van der Waals surface area contributed by atoms with E-state index < -0.39 is 0 Å². The Morgan fingerprint density at radius 1 is 1.29 bits per heavy atom. The third-order valence-electron chi connectivity index (χ3n) is 3.35. The van der Waals surface area contributed by atoms with Gasteiger partial charge in [0.15, 0.2) is 0 Å². The van der Waals surface area contributed by atoms with Crippen LogP contribution in [0.2, 0.25) is 0 Å². The zero-order valence-electron chi connectivity index (χ0n) is 9.92. The van der Waals surface area contributed by atoms with Gasteiger partial charge in [-0.25, -0.2) is 0 Å². The smallest absolute Gasteiger partial charge is 0.250 e. The third-order valence-corrected chi connectivity index (χ3v) is 3.35. The molecule has 17 heavy (non-hydrogen) atoms. The van der Waals surface area contributed by atoms with Crippen LogP contribution >= 0.6 is 0 Å². The molecule has 1 aromatic rings. The summed E-state index contributed by atoms with van der Waals surface area (Å²) in [6.07, 6.45) is 6.06. The standard InChI is InChI=1S/C13H18N2O2/c16-11-12-5-1-3-7-14(12)9-10-15-8-4-2-6-13(15)17/h2,4,6,8,11-12H,1,3,5,7,9-10H2. The van der Waals surface area contributed by atoms with Crippen molar-refractivity contribution in [2.45, 2.75) is 31.8 Å². The maximum absolute atomic E-state index is 11.5. The molecule has 0 amide bonds. The van der Waals surface area contributed by atoms with Crippen molar-refractivity contribution in [2.75, 3.05) is 13.1 Å². The highest BCUT2D eigenvalue weighted by Crippen LogP contribution is 2.14. The van der Waals surface area contributed by atoms with Crippen molar-refractivity contribution >= 4 is 6.29 Å². The van der Waals surface area contributed by atoms with Gasteiger partial charge in [-0.05, 0) is 25.5 Å². The first-order valence-electron chi connectivity index (χ1n) is 6.16. The Kier molecular flexibility index (Phi) is 4.09. The van der Waals surface area contributed by atoms with E-state index in [2.05, 4.69) is 4.90 Å². The summed E-state index contributed by atoms with van der Waals surface area (Å²) in [7, 11) is 0. The van der Waals surface area contributed by atoms with Crippen LogP contribution in [0.25, 0.3) is 0 Å². The van der Waals surface area contributed by atoms with E-state index in [4.69, 9.17) is 0 Å². The van der Waals surface area contributed by atoms with Gasteiger partial charge in [-0.2, -0.15) is 0 Å². The van der Waals surface area contributed by atoms with Crippen LogP contribution < -0.4 is 5.56 Å². The molecule has 0 radical (unpaired) electrons. The lowest BCUT2D eigenvalue weighted by Gasteiger charge is -2.32. The van der Waals surface area contributed by atoms with E-state index >= 15 is 0 Å². The van der Waals surface area contributed by atoms with Gasteiger partial charge in [0.2, 0.25) is 0 Å². The normalized spacial score (nSPS) is 21.3. The third kappa shape index (κ3) is 3.03. The molecule has 0 saturated carbocycles. The molecule has 0 N–H and O–H groups in total. The number of aldehydes is 1. The number of carbonyl (C=O) groups is 1. The first-order chi connectivity index (χ1) is 8.31. The van der Waals surface area contributed by atoms with Crippen LogP contribution in [0.5, 0.6) is 0 Å². The van der Waals surface area contributed by atoms with Crippen LogP contribution in [0, 0.1) is 0 Å². The average molecular weight is 234 g/mol. The van der Waals surface area contributed by atoms with Gasteiger partial charge in [0.05, 0.1) is 6.04 Å². The number of hydrogen-bond donors (Lipinski definition) is 0. The van der Waals surface area contributed by atoms with E-state index in [1.54, 1.807) is 22.9 Å². The zero-order chi connectivity index (χ0) is 12.1. The lowest BCUT2D eigenvalue weighted by atomic mass is 10.0. The Morgan fingerprint density at radius 2 is 2.18 bits per heavy atom. The lowest BCUT2D eigenvalue weighted by Crippen LogP contribution is -2.42. The SMILES string of the molecule is O=CC1CCCCN1CCn1ccccc1=O. The van der Waals surface area contributed by atoms with Crippen LogP contribution in [0.15, 0.2) is 29.2 Å². The number of carbonyl (C=O) groups excluding carboxylic acids is 1. The minimum atomic E-state index is 0.0205. The van der Waals surface area contributed by atoms with E-state index in [1.807, 2.05) is 6.07 Å². The fourth-order valence-electron chi connectivity index (χ4n) is 2.33. The van der Waals surface area contributed by atoms with E-state index in [0.29, 0.717) is 6.54 Å². The fraction of sp³-hybridized carbons (Fsp3) is 0.538. The van der Waals surface area contributed by atoms with Crippen LogP contribution in [0.3, 0.4) is 0 Å². The molecular formula is C13H18N2O2.